The molecule has 0 aliphatic heterocycles. The zero-order valence-electron chi connectivity index (χ0n) is 8.59. The summed E-state index contributed by atoms with van der Waals surface area (Å²) in [6.07, 6.45) is 1.55. The zero-order valence-corrected chi connectivity index (χ0v) is 9.34. The maximum atomic E-state index is 11.0. The third-order valence-corrected chi connectivity index (χ3v) is 2.69. The lowest BCUT2D eigenvalue weighted by Gasteiger charge is -2.09. The average Bonchev–Trinajstić information content (AvgIpc) is 2.14. The van der Waals surface area contributed by atoms with Gasteiger partial charge in [-0.25, -0.2) is 0 Å². The maximum absolute atomic E-state index is 11.0. The fourth-order valence-corrected chi connectivity index (χ4v) is 1.74. The van der Waals surface area contributed by atoms with Crippen molar-refractivity contribution in [2.45, 2.75) is 26.7 Å². The highest BCUT2D eigenvalue weighted by atomic mass is 35.5. The number of halogens is 1. The number of benzene rings is 1. The van der Waals surface area contributed by atoms with Gasteiger partial charge in [0.05, 0.1) is 0 Å². The van der Waals surface area contributed by atoms with E-state index in [9.17, 15) is 4.79 Å². The van der Waals surface area contributed by atoms with Gasteiger partial charge in [-0.15, -0.1) is 0 Å². The van der Waals surface area contributed by atoms with Gasteiger partial charge in [0.25, 0.3) is 0 Å². The van der Waals surface area contributed by atoms with Crippen molar-refractivity contribution < 1.29 is 4.79 Å². The van der Waals surface area contributed by atoms with Gasteiger partial charge in [0.1, 0.15) is 0 Å². The molecule has 1 nitrogen and oxygen atoms in total. The summed E-state index contributed by atoms with van der Waals surface area (Å²) in [6.45, 7) is 4.04. The molecule has 0 amide bonds. The van der Waals surface area contributed by atoms with E-state index in [1.165, 1.54) is 11.1 Å². The maximum Gasteiger partial charge on any atom is 0.225 e. The molecule has 76 valence electrons. The molecule has 1 rings (SSSR count). The fraction of sp³-hybridized carbons (Fsp3) is 0.417. The molecule has 0 aliphatic rings. The van der Waals surface area contributed by atoms with Crippen LogP contribution in [-0.4, -0.2) is 5.24 Å². The van der Waals surface area contributed by atoms with E-state index in [1.807, 2.05) is 32.0 Å². The normalized spacial score (nSPS) is 12.5. The minimum Gasteiger partial charge on any atom is -0.281 e. The van der Waals surface area contributed by atoms with Crippen molar-refractivity contribution >= 4 is 16.8 Å². The Hall–Kier alpha value is -0.820. The second kappa shape index (κ2) is 5.16. The molecule has 0 N–H and O–H groups in total. The molecule has 1 atom stereocenters. The smallest absolute Gasteiger partial charge is 0.225 e. The van der Waals surface area contributed by atoms with E-state index in [2.05, 4.69) is 6.07 Å². The topological polar surface area (TPSA) is 17.1 Å². The molecule has 0 aliphatic carbocycles. The summed E-state index contributed by atoms with van der Waals surface area (Å²) < 4.78 is 0. The molecule has 0 aromatic heterocycles. The second-order valence-corrected chi connectivity index (χ2v) is 3.97. The number of hydrogen-bond donors (Lipinski definition) is 0. The van der Waals surface area contributed by atoms with E-state index in [4.69, 9.17) is 11.6 Å². The molecule has 0 heterocycles. The second-order valence-electron chi connectivity index (χ2n) is 3.60. The SMILES string of the molecule is CCC(Cc1cccc(C)c1)C(=O)Cl. The van der Waals surface area contributed by atoms with E-state index in [1.54, 1.807) is 0 Å². The summed E-state index contributed by atoms with van der Waals surface area (Å²) in [7, 11) is 0. The molecule has 1 unspecified atom stereocenters. The first-order valence-electron chi connectivity index (χ1n) is 4.88. The minimum absolute atomic E-state index is 0.0431. The summed E-state index contributed by atoms with van der Waals surface area (Å²) in [5.74, 6) is -0.0431. The Bertz CT molecular complexity index is 320. The standard InChI is InChI=1S/C12H15ClO/c1-3-11(12(13)14)8-10-6-4-5-9(2)7-10/h4-7,11H,3,8H2,1-2H3. The van der Waals surface area contributed by atoms with Gasteiger partial charge in [0.2, 0.25) is 5.24 Å². The summed E-state index contributed by atoms with van der Waals surface area (Å²) >= 11 is 5.49. The number of carbonyl (C=O) groups is 1. The van der Waals surface area contributed by atoms with Crippen LogP contribution in [0.15, 0.2) is 24.3 Å². The quantitative estimate of drug-likeness (QED) is 0.697. The van der Waals surface area contributed by atoms with Gasteiger partial charge in [-0.2, -0.15) is 0 Å². The highest BCUT2D eigenvalue weighted by Gasteiger charge is 2.14. The number of aryl methyl sites for hydroxylation is 1. The van der Waals surface area contributed by atoms with E-state index < -0.39 is 0 Å². The highest BCUT2D eigenvalue weighted by Crippen LogP contribution is 2.15. The van der Waals surface area contributed by atoms with Gasteiger partial charge in [0.15, 0.2) is 0 Å². The monoisotopic (exact) mass is 210 g/mol. The molecular formula is C12H15ClO. The van der Waals surface area contributed by atoms with Crippen LogP contribution < -0.4 is 0 Å². The Labute approximate surface area is 90.1 Å². The Balaban J connectivity index is 2.72. The Morgan fingerprint density at radius 2 is 2.21 bits per heavy atom. The average molecular weight is 211 g/mol. The van der Waals surface area contributed by atoms with Crippen LogP contribution in [0.4, 0.5) is 0 Å². The first kappa shape index (κ1) is 11.3. The Morgan fingerprint density at radius 1 is 1.50 bits per heavy atom. The zero-order chi connectivity index (χ0) is 10.6. The first-order chi connectivity index (χ1) is 6.63. The van der Waals surface area contributed by atoms with Crippen LogP contribution in [0.5, 0.6) is 0 Å². The predicted molar refractivity (Wildman–Crippen MR) is 59.5 cm³/mol. The van der Waals surface area contributed by atoms with Gasteiger partial charge in [0, 0.05) is 5.92 Å². The van der Waals surface area contributed by atoms with Crippen molar-refractivity contribution in [1.82, 2.24) is 0 Å². The Kier molecular flexibility index (Phi) is 4.15. The lowest BCUT2D eigenvalue weighted by Crippen LogP contribution is -2.10. The highest BCUT2D eigenvalue weighted by molar-refractivity contribution is 6.63. The summed E-state index contributed by atoms with van der Waals surface area (Å²) in [5.41, 5.74) is 2.41. The number of rotatable bonds is 4. The lowest BCUT2D eigenvalue weighted by molar-refractivity contribution is -0.115. The van der Waals surface area contributed by atoms with Crippen LogP contribution in [0.3, 0.4) is 0 Å². The van der Waals surface area contributed by atoms with E-state index >= 15 is 0 Å². The van der Waals surface area contributed by atoms with E-state index in [-0.39, 0.29) is 11.2 Å². The lowest BCUT2D eigenvalue weighted by atomic mass is 9.97. The van der Waals surface area contributed by atoms with Crippen LogP contribution >= 0.6 is 11.6 Å². The van der Waals surface area contributed by atoms with Crippen LogP contribution in [0.1, 0.15) is 24.5 Å². The van der Waals surface area contributed by atoms with Crippen molar-refractivity contribution in [2.75, 3.05) is 0 Å². The molecule has 0 saturated heterocycles. The van der Waals surface area contributed by atoms with Crippen molar-refractivity contribution in [1.29, 1.82) is 0 Å². The Morgan fingerprint density at radius 3 is 2.71 bits per heavy atom. The predicted octanol–water partition coefficient (Wildman–Crippen LogP) is 3.33. The van der Waals surface area contributed by atoms with Crippen molar-refractivity contribution in [3.63, 3.8) is 0 Å². The molecule has 1 aromatic rings. The van der Waals surface area contributed by atoms with Crippen LogP contribution in [0.2, 0.25) is 0 Å². The van der Waals surface area contributed by atoms with E-state index in [0.717, 1.165) is 12.8 Å². The number of carbonyl (C=O) groups excluding carboxylic acids is 1. The van der Waals surface area contributed by atoms with Crippen LogP contribution in [-0.2, 0) is 11.2 Å². The molecule has 0 radical (unpaired) electrons. The summed E-state index contributed by atoms with van der Waals surface area (Å²) in [5, 5.41) is -0.228. The first-order valence-corrected chi connectivity index (χ1v) is 5.26. The third kappa shape index (κ3) is 3.15. The molecule has 0 spiro atoms. The minimum atomic E-state index is -0.228. The molecule has 14 heavy (non-hydrogen) atoms. The van der Waals surface area contributed by atoms with Crippen molar-refractivity contribution in [3.8, 4) is 0 Å². The summed E-state index contributed by atoms with van der Waals surface area (Å²) in [4.78, 5) is 11.0. The largest absolute Gasteiger partial charge is 0.281 e. The van der Waals surface area contributed by atoms with Crippen LogP contribution in [0.25, 0.3) is 0 Å². The molecule has 2 heteroatoms. The van der Waals surface area contributed by atoms with Crippen molar-refractivity contribution in [3.05, 3.63) is 35.4 Å². The summed E-state index contributed by atoms with van der Waals surface area (Å²) in [6, 6.07) is 8.20. The molecular weight excluding hydrogens is 196 g/mol. The van der Waals surface area contributed by atoms with Gasteiger partial charge in [-0.1, -0.05) is 36.8 Å². The molecule has 0 bridgehead atoms. The molecule has 1 aromatic carbocycles. The van der Waals surface area contributed by atoms with Gasteiger partial charge < -0.3 is 0 Å². The van der Waals surface area contributed by atoms with Gasteiger partial charge >= 0.3 is 0 Å². The van der Waals surface area contributed by atoms with E-state index in [0.29, 0.717) is 0 Å². The molecule has 0 fully saturated rings. The van der Waals surface area contributed by atoms with Gasteiger partial charge in [-0.3, -0.25) is 4.79 Å². The number of hydrogen-bond acceptors (Lipinski definition) is 1. The van der Waals surface area contributed by atoms with Crippen LogP contribution in [0, 0.1) is 12.8 Å². The molecule has 0 saturated carbocycles. The fourth-order valence-electron chi connectivity index (χ4n) is 1.51. The van der Waals surface area contributed by atoms with Gasteiger partial charge in [-0.05, 0) is 36.9 Å². The third-order valence-electron chi connectivity index (χ3n) is 2.38. The van der Waals surface area contributed by atoms with Crippen molar-refractivity contribution in [2.24, 2.45) is 5.92 Å².